The van der Waals surface area contributed by atoms with Crippen LogP contribution in [0.1, 0.15) is 33.5 Å². The summed E-state index contributed by atoms with van der Waals surface area (Å²) < 4.78 is 24.0. The molecule has 0 atom stereocenters. The van der Waals surface area contributed by atoms with Gasteiger partial charge in [-0.3, -0.25) is 0 Å². The summed E-state index contributed by atoms with van der Waals surface area (Å²) in [5.74, 6) is -2.71. The van der Waals surface area contributed by atoms with E-state index in [2.05, 4.69) is 4.98 Å². The van der Waals surface area contributed by atoms with E-state index in [0.29, 0.717) is 0 Å². The molecule has 29 heavy (non-hydrogen) atoms. The third-order valence-corrected chi connectivity index (χ3v) is 4.59. The van der Waals surface area contributed by atoms with Crippen molar-refractivity contribution in [2.24, 2.45) is 0 Å². The molecule has 0 aliphatic heterocycles. The number of rotatable bonds is 5. The number of nitrogens with zero attached hydrogens (tertiary/aromatic N) is 2. The Kier molecular flexibility index (Phi) is 6.14. The van der Waals surface area contributed by atoms with Crippen molar-refractivity contribution >= 4 is 46.2 Å². The number of ether oxygens (including phenoxy) is 2. The second-order valence-corrected chi connectivity index (χ2v) is 6.55. The average Bonchev–Trinajstić information content (AvgIpc) is 2.68. The summed E-state index contributed by atoms with van der Waals surface area (Å²) in [6.07, 6.45) is 0. The Balaban J connectivity index is 2.04. The fraction of sp³-hybridized carbons (Fsp3) is 0.158. The molecule has 0 saturated heterocycles. The van der Waals surface area contributed by atoms with E-state index < -0.39 is 30.1 Å². The molecule has 2 aromatic carbocycles. The van der Waals surface area contributed by atoms with Gasteiger partial charge in [0.15, 0.2) is 5.69 Å². The topological polar surface area (TPSA) is 92.4 Å². The first-order valence-electron chi connectivity index (χ1n) is 8.33. The van der Waals surface area contributed by atoms with E-state index in [9.17, 15) is 19.2 Å². The molecule has 7 nitrogen and oxygen atoms in total. The van der Waals surface area contributed by atoms with Gasteiger partial charge >= 0.3 is 17.6 Å². The molecule has 0 fully saturated rings. The number of fused-ring (bicyclic) bond motifs is 1. The molecule has 3 aromatic rings. The number of aromatic nitrogens is 2. The van der Waals surface area contributed by atoms with Crippen LogP contribution in [0.2, 0.25) is 10.0 Å². The first-order valence-corrected chi connectivity index (χ1v) is 9.09. The number of carbonyl (C=O) groups excluding carboxylic acids is 2. The largest absolute Gasteiger partial charge is 0.618 e. The number of carbonyl (C=O) groups is 2. The van der Waals surface area contributed by atoms with Crippen LogP contribution in [-0.2, 0) is 16.1 Å². The van der Waals surface area contributed by atoms with Crippen molar-refractivity contribution < 1.29 is 28.2 Å². The van der Waals surface area contributed by atoms with Crippen LogP contribution in [0.25, 0.3) is 11.0 Å². The number of hydrogen-bond acceptors (Lipinski definition) is 6. The Morgan fingerprint density at radius 1 is 1.14 bits per heavy atom. The van der Waals surface area contributed by atoms with Gasteiger partial charge in [-0.2, -0.15) is 4.73 Å². The van der Waals surface area contributed by atoms with Crippen molar-refractivity contribution in [2.75, 3.05) is 6.61 Å². The van der Waals surface area contributed by atoms with Crippen LogP contribution in [0.5, 0.6) is 0 Å². The Labute approximate surface area is 174 Å². The van der Waals surface area contributed by atoms with E-state index in [4.69, 9.17) is 32.7 Å². The molecular weight excluding hydrogens is 426 g/mol. The molecule has 3 rings (SSSR count). The molecule has 0 radical (unpaired) electrons. The first kappa shape index (κ1) is 20.8. The van der Waals surface area contributed by atoms with Crippen LogP contribution >= 0.6 is 23.2 Å². The lowest BCUT2D eigenvalue weighted by molar-refractivity contribution is -0.581. The van der Waals surface area contributed by atoms with Gasteiger partial charge in [-0.25, -0.2) is 19.0 Å². The zero-order chi connectivity index (χ0) is 21.1. The summed E-state index contributed by atoms with van der Waals surface area (Å²) >= 11 is 11.9. The minimum Gasteiger partial charge on any atom is -0.618 e. The van der Waals surface area contributed by atoms with Crippen LogP contribution in [0.4, 0.5) is 4.39 Å². The Morgan fingerprint density at radius 3 is 2.52 bits per heavy atom. The number of halogens is 3. The SMILES string of the molecule is CCOC(=O)c1c(COC(=O)c2ccccc2F)nc2cc(Cl)c(Cl)cc2[n+]1[O-]. The lowest BCUT2D eigenvalue weighted by Crippen LogP contribution is -2.39. The van der Waals surface area contributed by atoms with E-state index >= 15 is 0 Å². The fourth-order valence-electron chi connectivity index (χ4n) is 2.55. The molecule has 1 aromatic heterocycles. The highest BCUT2D eigenvalue weighted by Gasteiger charge is 2.29. The lowest BCUT2D eigenvalue weighted by Gasteiger charge is -2.12. The number of hydrogen-bond donors (Lipinski definition) is 0. The zero-order valence-corrected chi connectivity index (χ0v) is 16.5. The summed E-state index contributed by atoms with van der Waals surface area (Å²) in [7, 11) is 0. The maximum absolute atomic E-state index is 13.8. The second-order valence-electron chi connectivity index (χ2n) is 5.73. The zero-order valence-electron chi connectivity index (χ0n) is 14.9. The third kappa shape index (κ3) is 4.23. The average molecular weight is 439 g/mol. The van der Waals surface area contributed by atoms with Gasteiger partial charge in [0.05, 0.1) is 22.2 Å². The molecule has 0 amide bonds. The van der Waals surface area contributed by atoms with Gasteiger partial charge in [-0.05, 0) is 25.1 Å². The van der Waals surface area contributed by atoms with Gasteiger partial charge in [0, 0.05) is 6.07 Å². The Bertz CT molecular complexity index is 1120. The van der Waals surface area contributed by atoms with Crippen molar-refractivity contribution in [1.29, 1.82) is 0 Å². The molecule has 10 heteroatoms. The summed E-state index contributed by atoms with van der Waals surface area (Å²) in [6.45, 7) is 1.00. The molecule has 0 aliphatic carbocycles. The maximum Gasteiger partial charge on any atom is 0.407 e. The monoisotopic (exact) mass is 438 g/mol. The highest BCUT2D eigenvalue weighted by atomic mass is 35.5. The van der Waals surface area contributed by atoms with Gasteiger partial charge in [0.1, 0.15) is 17.9 Å². The molecule has 0 bridgehead atoms. The van der Waals surface area contributed by atoms with Gasteiger partial charge in [0.25, 0.3) is 0 Å². The van der Waals surface area contributed by atoms with Crippen molar-refractivity contribution in [3.05, 3.63) is 74.4 Å². The quantitative estimate of drug-likeness (QED) is 0.341. The normalized spacial score (nSPS) is 10.8. The Hall–Kier alpha value is -2.97. The minimum absolute atomic E-state index is 0.00665. The summed E-state index contributed by atoms with van der Waals surface area (Å²) in [6, 6.07) is 7.84. The van der Waals surface area contributed by atoms with Gasteiger partial charge in [0.2, 0.25) is 5.52 Å². The summed E-state index contributed by atoms with van der Waals surface area (Å²) in [5.41, 5.74) is -0.838. The van der Waals surface area contributed by atoms with Gasteiger partial charge < -0.3 is 14.7 Å². The molecular formula is C19H13Cl2FN2O5. The van der Waals surface area contributed by atoms with Crippen LogP contribution in [0, 0.1) is 11.0 Å². The van der Waals surface area contributed by atoms with Crippen molar-refractivity contribution in [2.45, 2.75) is 13.5 Å². The van der Waals surface area contributed by atoms with Gasteiger partial charge in [-0.15, -0.1) is 0 Å². The number of benzene rings is 2. The van der Waals surface area contributed by atoms with Crippen LogP contribution in [0.15, 0.2) is 36.4 Å². The number of esters is 2. The van der Waals surface area contributed by atoms with E-state index in [1.54, 1.807) is 6.92 Å². The first-order chi connectivity index (χ1) is 13.8. The van der Waals surface area contributed by atoms with E-state index in [-0.39, 0.29) is 43.7 Å². The highest BCUT2D eigenvalue weighted by molar-refractivity contribution is 6.42. The molecule has 0 aliphatic rings. The molecule has 0 unspecified atom stereocenters. The van der Waals surface area contributed by atoms with Crippen molar-refractivity contribution in [3.8, 4) is 0 Å². The van der Waals surface area contributed by atoms with Crippen molar-refractivity contribution in [1.82, 2.24) is 4.98 Å². The minimum atomic E-state index is -0.980. The maximum atomic E-state index is 13.8. The van der Waals surface area contributed by atoms with E-state index in [0.717, 1.165) is 6.07 Å². The predicted octanol–water partition coefficient (Wildman–Crippen LogP) is 3.85. The van der Waals surface area contributed by atoms with Crippen molar-refractivity contribution in [3.63, 3.8) is 0 Å². The highest BCUT2D eigenvalue weighted by Crippen LogP contribution is 2.26. The fourth-order valence-corrected chi connectivity index (χ4v) is 2.87. The molecule has 0 N–H and O–H groups in total. The van der Waals surface area contributed by atoms with Crippen LogP contribution < -0.4 is 4.73 Å². The smallest absolute Gasteiger partial charge is 0.407 e. The lowest BCUT2D eigenvalue weighted by atomic mass is 10.2. The molecule has 150 valence electrons. The molecule has 0 saturated carbocycles. The van der Waals surface area contributed by atoms with Crippen LogP contribution in [0.3, 0.4) is 0 Å². The van der Waals surface area contributed by atoms with E-state index in [1.165, 1.54) is 30.3 Å². The van der Waals surface area contributed by atoms with Gasteiger partial charge in [-0.1, -0.05) is 35.3 Å². The van der Waals surface area contributed by atoms with Crippen LogP contribution in [-0.4, -0.2) is 23.5 Å². The second kappa shape index (κ2) is 8.59. The van der Waals surface area contributed by atoms with E-state index in [1.807, 2.05) is 0 Å². The summed E-state index contributed by atoms with van der Waals surface area (Å²) in [5, 5.41) is 13.0. The molecule has 0 spiro atoms. The third-order valence-electron chi connectivity index (χ3n) is 3.87. The standard InChI is InChI=1S/C19H13Cl2FN2O5/c1-2-28-19(26)17-15(9-29-18(25)10-5-3-4-6-13(10)22)23-14-7-11(20)12(21)8-16(14)24(17)27/h3-8H,2,9H2,1H3. The molecule has 1 heterocycles. The predicted molar refractivity (Wildman–Crippen MR) is 102 cm³/mol. The Morgan fingerprint density at radius 2 is 1.83 bits per heavy atom. The summed E-state index contributed by atoms with van der Waals surface area (Å²) in [4.78, 5) is 28.7.